The number of nitrogens with one attached hydrogen (secondary N) is 1. The van der Waals surface area contributed by atoms with Crippen molar-refractivity contribution in [1.82, 2.24) is 5.32 Å². The van der Waals surface area contributed by atoms with Crippen LogP contribution in [0.1, 0.15) is 86.0 Å². The third-order valence-electron chi connectivity index (χ3n) is 7.59. The second kappa shape index (κ2) is 18.5. The number of primary amides is 1. The SMILES string of the molecule is CC(=O)O.CCOC(=O)C1(N)CCC(C(=O)C(CC(C)C)NC(C)=O)C1(C(=O)C(N)CCCCN)C(=O)C(N)CCC(N)=O. The average Bonchev–Trinajstić information content (AvgIpc) is 3.23. The number of esters is 1. The molecule has 0 aliphatic heterocycles. The molecule has 0 aromatic heterocycles. The number of carboxylic acid groups (broad SMARTS) is 1. The van der Waals surface area contributed by atoms with Crippen molar-refractivity contribution in [3.8, 4) is 0 Å². The van der Waals surface area contributed by atoms with Gasteiger partial charge in [0.2, 0.25) is 11.8 Å². The van der Waals surface area contributed by atoms with E-state index in [1.54, 1.807) is 0 Å². The van der Waals surface area contributed by atoms with E-state index in [2.05, 4.69) is 5.32 Å². The first kappa shape index (κ1) is 40.7. The maximum atomic E-state index is 14.4. The molecule has 2 amide bonds. The molecular weight excluding hydrogens is 576 g/mol. The number of carbonyl (C=O) groups is 7. The zero-order chi connectivity index (χ0) is 34.4. The minimum atomic E-state index is -2.50. The van der Waals surface area contributed by atoms with Crippen LogP contribution in [0.5, 0.6) is 0 Å². The summed E-state index contributed by atoms with van der Waals surface area (Å²) in [6.45, 7) is 7.81. The van der Waals surface area contributed by atoms with Gasteiger partial charge in [-0.05, 0) is 57.9 Å². The highest BCUT2D eigenvalue weighted by Gasteiger charge is 2.73. The summed E-state index contributed by atoms with van der Waals surface area (Å²) in [5.41, 5.74) is 25.3. The van der Waals surface area contributed by atoms with Crippen molar-refractivity contribution in [2.75, 3.05) is 13.2 Å². The monoisotopic (exact) mass is 628 g/mol. The van der Waals surface area contributed by atoms with Gasteiger partial charge in [-0.3, -0.25) is 33.6 Å². The van der Waals surface area contributed by atoms with Gasteiger partial charge in [-0.15, -0.1) is 0 Å². The van der Waals surface area contributed by atoms with Crippen LogP contribution in [0.2, 0.25) is 0 Å². The molecular formula is C29H52N6O9. The highest BCUT2D eigenvalue weighted by molar-refractivity contribution is 6.19. The Bertz CT molecular complexity index is 1050. The maximum Gasteiger partial charge on any atom is 0.327 e. The van der Waals surface area contributed by atoms with Gasteiger partial charge in [-0.2, -0.15) is 0 Å². The van der Waals surface area contributed by atoms with Gasteiger partial charge in [0.05, 0.1) is 24.7 Å². The number of carboxylic acids is 1. The van der Waals surface area contributed by atoms with Crippen LogP contribution in [0.4, 0.5) is 0 Å². The minimum absolute atomic E-state index is 0.0490. The summed E-state index contributed by atoms with van der Waals surface area (Å²) in [4.78, 5) is 88.9. The number of unbranched alkanes of at least 4 members (excludes halogenated alkanes) is 1. The molecule has 1 saturated carbocycles. The van der Waals surface area contributed by atoms with Gasteiger partial charge < -0.3 is 43.8 Å². The molecule has 1 fully saturated rings. The summed E-state index contributed by atoms with van der Waals surface area (Å²) in [6, 6.07) is -3.82. The number of hydrogen-bond acceptors (Lipinski definition) is 12. The highest BCUT2D eigenvalue weighted by atomic mass is 16.5. The van der Waals surface area contributed by atoms with Crippen LogP contribution in [-0.2, 0) is 38.3 Å². The van der Waals surface area contributed by atoms with Gasteiger partial charge in [0.25, 0.3) is 5.97 Å². The van der Waals surface area contributed by atoms with Crippen LogP contribution < -0.4 is 34.0 Å². The number of nitrogens with two attached hydrogens (primary N) is 5. The molecule has 0 radical (unpaired) electrons. The Hall–Kier alpha value is -3.27. The van der Waals surface area contributed by atoms with Crippen LogP contribution in [0.25, 0.3) is 0 Å². The lowest BCUT2D eigenvalue weighted by Gasteiger charge is -2.45. The van der Waals surface area contributed by atoms with Crippen LogP contribution in [-0.4, -0.2) is 83.0 Å². The molecule has 1 aliphatic rings. The number of Topliss-reactive ketones (excluding diaryl/α,β-unsaturated/α-hetero) is 3. The molecule has 15 nitrogen and oxygen atoms in total. The quantitative estimate of drug-likeness (QED) is 0.0547. The number of hydrogen-bond donors (Lipinski definition) is 7. The number of ketones is 3. The fourth-order valence-corrected chi connectivity index (χ4v) is 5.74. The van der Waals surface area contributed by atoms with E-state index in [4.69, 9.17) is 43.3 Å². The van der Waals surface area contributed by atoms with Crippen molar-refractivity contribution >= 4 is 41.1 Å². The molecule has 0 bridgehead atoms. The first-order chi connectivity index (χ1) is 20.3. The van der Waals surface area contributed by atoms with Gasteiger partial charge >= 0.3 is 5.97 Å². The molecule has 1 rings (SSSR count). The molecule has 0 heterocycles. The molecule has 0 aromatic carbocycles. The van der Waals surface area contributed by atoms with Gasteiger partial charge in [-0.25, -0.2) is 0 Å². The summed E-state index contributed by atoms with van der Waals surface area (Å²) >= 11 is 0. The Labute approximate surface area is 258 Å². The standard InChI is InChI=1S/C27H48N6O7.C2H4O2/c1-5-40-25(39)26(32)12-11-17(22(36)20(14-15(2)3)33-16(4)34)27(26,23(37)18(29)8-6-7-13-28)24(38)19(30)9-10-21(31)35;1-2(3)4/h15,17-20H,5-14,28-30,32H2,1-4H3,(H2,31,35)(H,33,34);1H3,(H,3,4). The summed E-state index contributed by atoms with van der Waals surface area (Å²) < 4.78 is 5.24. The van der Waals surface area contributed by atoms with E-state index in [1.165, 1.54) is 13.8 Å². The van der Waals surface area contributed by atoms with E-state index < -0.39 is 76.1 Å². The number of aliphatic carboxylic acids is 1. The lowest BCUT2D eigenvalue weighted by Crippen LogP contribution is -2.72. The van der Waals surface area contributed by atoms with Crippen LogP contribution >= 0.6 is 0 Å². The van der Waals surface area contributed by atoms with Crippen molar-refractivity contribution in [3.63, 3.8) is 0 Å². The smallest absolute Gasteiger partial charge is 0.327 e. The summed E-state index contributed by atoms with van der Waals surface area (Å²) in [7, 11) is 0. The molecule has 6 unspecified atom stereocenters. The lowest BCUT2D eigenvalue weighted by molar-refractivity contribution is -0.167. The first-order valence-electron chi connectivity index (χ1n) is 14.9. The van der Waals surface area contributed by atoms with E-state index in [0.29, 0.717) is 19.4 Å². The van der Waals surface area contributed by atoms with Crippen LogP contribution in [0, 0.1) is 17.3 Å². The fourth-order valence-electron chi connectivity index (χ4n) is 5.74. The van der Waals surface area contributed by atoms with Crippen LogP contribution in [0.3, 0.4) is 0 Å². The Morgan fingerprint density at radius 1 is 0.977 bits per heavy atom. The number of rotatable bonds is 18. The molecule has 44 heavy (non-hydrogen) atoms. The van der Waals surface area contributed by atoms with Gasteiger partial charge in [0.1, 0.15) is 11.0 Å². The Morgan fingerprint density at radius 2 is 1.50 bits per heavy atom. The van der Waals surface area contributed by atoms with E-state index >= 15 is 0 Å². The maximum absolute atomic E-state index is 14.4. The van der Waals surface area contributed by atoms with Crippen molar-refractivity contribution in [1.29, 1.82) is 0 Å². The second-order valence-electron chi connectivity index (χ2n) is 11.6. The van der Waals surface area contributed by atoms with Crippen molar-refractivity contribution in [2.45, 2.75) is 110 Å². The normalized spacial score (nSPS) is 23.0. The van der Waals surface area contributed by atoms with Crippen molar-refractivity contribution in [3.05, 3.63) is 0 Å². The zero-order valence-corrected chi connectivity index (χ0v) is 26.6. The molecule has 1 aliphatic carbocycles. The van der Waals surface area contributed by atoms with Gasteiger partial charge in [0.15, 0.2) is 17.3 Å². The second-order valence-corrected chi connectivity index (χ2v) is 11.6. The third-order valence-corrected chi connectivity index (χ3v) is 7.59. The van der Waals surface area contributed by atoms with Crippen molar-refractivity contribution < 1.29 is 43.4 Å². The number of amides is 2. The lowest BCUT2D eigenvalue weighted by atomic mass is 9.57. The molecule has 12 N–H and O–H groups in total. The number of ether oxygens (including phenoxy) is 1. The van der Waals surface area contributed by atoms with E-state index in [-0.39, 0.29) is 51.0 Å². The van der Waals surface area contributed by atoms with E-state index in [9.17, 15) is 28.8 Å². The summed E-state index contributed by atoms with van der Waals surface area (Å²) in [5, 5.41) is 10.0. The minimum Gasteiger partial charge on any atom is -0.481 e. The first-order valence-corrected chi connectivity index (χ1v) is 14.9. The van der Waals surface area contributed by atoms with E-state index in [0.717, 1.165) is 6.92 Å². The topological polar surface area (TPSA) is 291 Å². The zero-order valence-electron chi connectivity index (χ0n) is 26.6. The molecule has 0 spiro atoms. The van der Waals surface area contributed by atoms with Gasteiger partial charge in [0, 0.05) is 26.2 Å². The molecule has 0 aromatic rings. The van der Waals surface area contributed by atoms with Crippen LogP contribution in [0.15, 0.2) is 0 Å². The predicted molar refractivity (Wildman–Crippen MR) is 161 cm³/mol. The van der Waals surface area contributed by atoms with Gasteiger partial charge in [-0.1, -0.05) is 20.3 Å². The molecule has 0 saturated heterocycles. The Morgan fingerprint density at radius 3 is 1.93 bits per heavy atom. The number of carbonyl (C=O) groups excluding carboxylic acids is 6. The summed E-state index contributed by atoms with van der Waals surface area (Å²) in [5.74, 6) is -7.08. The fraction of sp³-hybridized carbons (Fsp3) is 0.759. The molecule has 252 valence electrons. The Balaban J connectivity index is 0.00000433. The summed E-state index contributed by atoms with van der Waals surface area (Å²) in [6.07, 6.45) is 0.420. The van der Waals surface area contributed by atoms with Crippen molar-refractivity contribution in [2.24, 2.45) is 45.9 Å². The largest absolute Gasteiger partial charge is 0.481 e. The molecule has 6 atom stereocenters. The molecule has 15 heteroatoms. The average molecular weight is 629 g/mol. The Kier molecular flexibility index (Phi) is 17.1. The van der Waals surface area contributed by atoms with E-state index in [1.807, 2.05) is 13.8 Å². The highest BCUT2D eigenvalue weighted by Crippen LogP contribution is 2.53. The predicted octanol–water partition coefficient (Wildman–Crippen LogP) is -0.958. The third kappa shape index (κ3) is 10.4.